The second-order valence-corrected chi connectivity index (χ2v) is 7.06. The van der Waals surface area contributed by atoms with E-state index < -0.39 is 44.4 Å². The van der Waals surface area contributed by atoms with Gasteiger partial charge in [-0.2, -0.15) is 31.1 Å². The van der Waals surface area contributed by atoms with Gasteiger partial charge in [0.1, 0.15) is 10.9 Å². The zero-order valence-corrected chi connectivity index (χ0v) is 13.9. The van der Waals surface area contributed by atoms with Gasteiger partial charge in [-0.3, -0.25) is 4.98 Å². The zero-order chi connectivity index (χ0) is 19.8. The third kappa shape index (κ3) is 4.73. The van der Waals surface area contributed by atoms with Gasteiger partial charge in [-0.25, -0.2) is 8.42 Å². The van der Waals surface area contributed by atoms with Crippen molar-refractivity contribution in [2.24, 2.45) is 0 Å². The number of benzene rings is 1. The maximum Gasteiger partial charge on any atom is 0.416 e. The Labute approximate surface area is 144 Å². The van der Waals surface area contributed by atoms with Crippen molar-refractivity contribution >= 4 is 10.0 Å². The molecule has 26 heavy (non-hydrogen) atoms. The summed E-state index contributed by atoms with van der Waals surface area (Å²) in [5.74, 6) is 0. The Hall–Kier alpha value is -2.14. The van der Waals surface area contributed by atoms with Gasteiger partial charge >= 0.3 is 12.4 Å². The Morgan fingerprint density at radius 1 is 0.962 bits per heavy atom. The fourth-order valence-corrected chi connectivity index (χ4v) is 3.18. The Morgan fingerprint density at radius 3 is 1.96 bits per heavy atom. The second-order valence-electron chi connectivity index (χ2n) is 5.35. The quantitative estimate of drug-likeness (QED) is 0.793. The van der Waals surface area contributed by atoms with Crippen molar-refractivity contribution in [3.63, 3.8) is 0 Å². The molecule has 0 spiro atoms. The summed E-state index contributed by atoms with van der Waals surface area (Å²) in [6.45, 7) is 1.56. The number of nitrogens with zero attached hydrogens (tertiary/aromatic N) is 1. The van der Waals surface area contributed by atoms with Crippen LogP contribution in [0.4, 0.5) is 26.3 Å². The summed E-state index contributed by atoms with van der Waals surface area (Å²) in [7, 11) is -4.60. The summed E-state index contributed by atoms with van der Waals surface area (Å²) < 4.78 is 103. The van der Waals surface area contributed by atoms with Crippen LogP contribution in [0.5, 0.6) is 0 Å². The minimum Gasteiger partial charge on any atom is -0.260 e. The predicted octanol–water partition coefficient (Wildman–Crippen LogP) is 3.99. The maximum absolute atomic E-state index is 13.3. The Morgan fingerprint density at radius 2 is 1.54 bits per heavy atom. The number of pyridine rings is 1. The van der Waals surface area contributed by atoms with Gasteiger partial charge in [-0.15, -0.1) is 0 Å². The molecule has 142 valence electrons. The van der Waals surface area contributed by atoms with Crippen LogP contribution < -0.4 is 4.72 Å². The molecule has 0 saturated heterocycles. The molecule has 0 radical (unpaired) electrons. The first-order valence-corrected chi connectivity index (χ1v) is 8.48. The first kappa shape index (κ1) is 20.2. The van der Waals surface area contributed by atoms with E-state index in [4.69, 9.17) is 0 Å². The third-order valence-corrected chi connectivity index (χ3v) is 4.77. The van der Waals surface area contributed by atoms with E-state index in [2.05, 4.69) is 4.98 Å². The SMILES string of the molecule is Cc1ccc(S(=O)(=O)NC(c2ccc(C(F)(F)F)cc2)C(F)(F)F)cn1. The largest absolute Gasteiger partial charge is 0.416 e. The number of aryl methyl sites for hydroxylation is 1. The molecule has 0 aliphatic rings. The van der Waals surface area contributed by atoms with Crippen molar-refractivity contribution in [2.45, 2.75) is 30.2 Å². The maximum atomic E-state index is 13.3. The highest BCUT2D eigenvalue weighted by Crippen LogP contribution is 2.36. The van der Waals surface area contributed by atoms with E-state index in [9.17, 15) is 34.8 Å². The van der Waals surface area contributed by atoms with E-state index >= 15 is 0 Å². The number of aromatic nitrogens is 1. The topological polar surface area (TPSA) is 59.1 Å². The second kappa shape index (κ2) is 6.88. The van der Waals surface area contributed by atoms with Gasteiger partial charge in [-0.1, -0.05) is 12.1 Å². The molecule has 1 N–H and O–H groups in total. The van der Waals surface area contributed by atoms with Crippen molar-refractivity contribution < 1.29 is 34.8 Å². The van der Waals surface area contributed by atoms with Crippen LogP contribution in [-0.2, 0) is 16.2 Å². The van der Waals surface area contributed by atoms with Crippen LogP contribution >= 0.6 is 0 Å². The molecule has 2 aromatic rings. The molecular weight excluding hydrogens is 386 g/mol. The zero-order valence-electron chi connectivity index (χ0n) is 13.1. The fourth-order valence-electron chi connectivity index (χ4n) is 2.02. The van der Waals surface area contributed by atoms with Crippen LogP contribution in [0.25, 0.3) is 0 Å². The molecule has 0 fully saturated rings. The monoisotopic (exact) mass is 398 g/mol. The van der Waals surface area contributed by atoms with Crippen molar-refractivity contribution in [3.05, 3.63) is 59.4 Å². The highest BCUT2D eigenvalue weighted by Gasteiger charge is 2.44. The molecule has 1 aromatic carbocycles. The van der Waals surface area contributed by atoms with Gasteiger partial charge in [-0.05, 0) is 36.8 Å². The van der Waals surface area contributed by atoms with E-state index in [0.717, 1.165) is 12.3 Å². The lowest BCUT2D eigenvalue weighted by molar-refractivity contribution is -0.153. The van der Waals surface area contributed by atoms with Gasteiger partial charge in [0.15, 0.2) is 0 Å². The summed E-state index contributed by atoms with van der Waals surface area (Å²) in [4.78, 5) is 3.20. The number of alkyl halides is 6. The molecule has 0 saturated carbocycles. The molecule has 1 atom stereocenters. The normalized spacial score (nSPS) is 14.3. The summed E-state index contributed by atoms with van der Waals surface area (Å²) >= 11 is 0. The average Bonchev–Trinajstić information content (AvgIpc) is 2.51. The highest BCUT2D eigenvalue weighted by atomic mass is 32.2. The minimum atomic E-state index is -5.06. The number of hydrogen-bond donors (Lipinski definition) is 1. The molecule has 0 aliphatic carbocycles. The van der Waals surface area contributed by atoms with Gasteiger partial charge in [0.2, 0.25) is 10.0 Å². The van der Waals surface area contributed by atoms with Crippen molar-refractivity contribution in [1.82, 2.24) is 9.71 Å². The van der Waals surface area contributed by atoms with Crippen LogP contribution in [0.2, 0.25) is 0 Å². The fraction of sp³-hybridized carbons (Fsp3) is 0.267. The van der Waals surface area contributed by atoms with E-state index in [1.807, 2.05) is 0 Å². The summed E-state index contributed by atoms with van der Waals surface area (Å²) in [5.41, 5.74) is -1.36. The van der Waals surface area contributed by atoms with Crippen LogP contribution in [0, 0.1) is 6.92 Å². The molecule has 0 aliphatic heterocycles. The Balaban J connectivity index is 2.38. The number of halogens is 6. The number of nitrogens with one attached hydrogen (secondary N) is 1. The van der Waals surface area contributed by atoms with Crippen LogP contribution in [0.3, 0.4) is 0 Å². The van der Waals surface area contributed by atoms with Crippen LogP contribution in [-0.4, -0.2) is 19.6 Å². The molecule has 11 heteroatoms. The standard InChI is InChI=1S/C15H12F6N2O2S/c1-9-2-7-12(8-22-9)26(24,25)23-13(15(19,20)21)10-3-5-11(6-4-10)14(16,17)18/h2-8,13,23H,1H3. The molecule has 1 heterocycles. The lowest BCUT2D eigenvalue weighted by Crippen LogP contribution is -2.38. The van der Waals surface area contributed by atoms with Crippen LogP contribution in [0.15, 0.2) is 47.5 Å². The first-order chi connectivity index (χ1) is 11.8. The Kier molecular flexibility index (Phi) is 5.34. The van der Waals surface area contributed by atoms with Gasteiger partial charge in [0.05, 0.1) is 5.56 Å². The van der Waals surface area contributed by atoms with Crippen LogP contribution in [0.1, 0.15) is 22.9 Å². The van der Waals surface area contributed by atoms with E-state index in [0.29, 0.717) is 30.0 Å². The summed E-state index contributed by atoms with van der Waals surface area (Å²) in [6, 6.07) is 1.73. The number of hydrogen-bond acceptors (Lipinski definition) is 3. The lowest BCUT2D eigenvalue weighted by atomic mass is 10.1. The van der Waals surface area contributed by atoms with Crippen molar-refractivity contribution in [2.75, 3.05) is 0 Å². The molecule has 1 unspecified atom stereocenters. The van der Waals surface area contributed by atoms with E-state index in [1.54, 1.807) is 6.92 Å². The lowest BCUT2D eigenvalue weighted by Gasteiger charge is -2.22. The highest BCUT2D eigenvalue weighted by molar-refractivity contribution is 7.89. The molecule has 0 amide bonds. The number of sulfonamides is 1. The molecule has 4 nitrogen and oxygen atoms in total. The summed E-state index contributed by atoms with van der Waals surface area (Å²) in [6.07, 6.45) is -8.90. The Bertz CT molecular complexity index is 859. The molecule has 2 rings (SSSR count). The van der Waals surface area contributed by atoms with Gasteiger partial charge < -0.3 is 0 Å². The smallest absolute Gasteiger partial charge is 0.260 e. The molecular formula is C15H12F6N2O2S. The molecule has 0 bridgehead atoms. The first-order valence-electron chi connectivity index (χ1n) is 6.99. The van der Waals surface area contributed by atoms with E-state index in [-0.39, 0.29) is 0 Å². The predicted molar refractivity (Wildman–Crippen MR) is 79.5 cm³/mol. The van der Waals surface area contributed by atoms with Crippen molar-refractivity contribution in [3.8, 4) is 0 Å². The minimum absolute atomic E-state index is 0.454. The summed E-state index contributed by atoms with van der Waals surface area (Å²) in [5, 5.41) is 0. The van der Waals surface area contributed by atoms with Gasteiger partial charge in [0.25, 0.3) is 0 Å². The average molecular weight is 398 g/mol. The van der Waals surface area contributed by atoms with Gasteiger partial charge in [0, 0.05) is 11.9 Å². The van der Waals surface area contributed by atoms with E-state index in [1.165, 1.54) is 10.8 Å². The third-order valence-electron chi connectivity index (χ3n) is 3.37. The number of rotatable bonds is 4. The van der Waals surface area contributed by atoms with Crippen molar-refractivity contribution in [1.29, 1.82) is 0 Å². The molecule has 1 aromatic heterocycles.